The van der Waals surface area contributed by atoms with E-state index < -0.39 is 0 Å². The van der Waals surface area contributed by atoms with Crippen LogP contribution in [-0.4, -0.2) is 39.8 Å². The molecule has 0 unspecified atom stereocenters. The first-order valence-electron chi connectivity index (χ1n) is 7.52. The summed E-state index contributed by atoms with van der Waals surface area (Å²) in [5.41, 5.74) is 1.13. The highest BCUT2D eigenvalue weighted by molar-refractivity contribution is 7.99. The van der Waals surface area contributed by atoms with Crippen LogP contribution in [0.15, 0.2) is 33.9 Å². The first kappa shape index (κ1) is 15.9. The van der Waals surface area contributed by atoms with E-state index in [9.17, 15) is 4.79 Å². The zero-order valence-corrected chi connectivity index (χ0v) is 14.0. The molecule has 1 aromatic carbocycles. The molecule has 2 aromatic rings. The molecule has 1 amide bonds. The Morgan fingerprint density at radius 1 is 1.43 bits per heavy atom. The lowest BCUT2D eigenvalue weighted by Gasteiger charge is -2.14. The van der Waals surface area contributed by atoms with Gasteiger partial charge in [-0.05, 0) is 37.5 Å². The van der Waals surface area contributed by atoms with Gasteiger partial charge in [-0.2, -0.15) is 0 Å². The quantitative estimate of drug-likeness (QED) is 0.726. The lowest BCUT2D eigenvalue weighted by Crippen LogP contribution is -2.30. The zero-order chi connectivity index (χ0) is 16.2. The van der Waals surface area contributed by atoms with Crippen LogP contribution in [0, 0.1) is 6.92 Å². The number of hydrogen-bond acceptors (Lipinski definition) is 6. The molecule has 0 radical (unpaired) electrons. The summed E-state index contributed by atoms with van der Waals surface area (Å²) in [5.74, 6) is 1.57. The van der Waals surface area contributed by atoms with Gasteiger partial charge in [-0.3, -0.25) is 4.79 Å². The van der Waals surface area contributed by atoms with Crippen molar-refractivity contribution < 1.29 is 13.9 Å². The van der Waals surface area contributed by atoms with Gasteiger partial charge in [-0.15, -0.1) is 10.2 Å². The van der Waals surface area contributed by atoms with Crippen LogP contribution in [0.25, 0.3) is 0 Å². The normalized spacial score (nSPS) is 13.8. The first-order chi connectivity index (χ1) is 11.1. The molecule has 0 aliphatic heterocycles. The van der Waals surface area contributed by atoms with Crippen LogP contribution < -0.4 is 4.74 Å². The number of nitrogens with zero attached hydrogens (tertiary/aromatic N) is 3. The number of carbonyl (C=O) groups is 1. The number of hydrogen-bond donors (Lipinski definition) is 0. The maximum Gasteiger partial charge on any atom is 0.277 e. The van der Waals surface area contributed by atoms with E-state index >= 15 is 0 Å². The van der Waals surface area contributed by atoms with Gasteiger partial charge in [-0.1, -0.05) is 23.9 Å². The third kappa shape index (κ3) is 4.48. The third-order valence-corrected chi connectivity index (χ3v) is 4.41. The Morgan fingerprint density at radius 3 is 3.00 bits per heavy atom. The fraction of sp³-hybridized carbons (Fsp3) is 0.438. The fourth-order valence-electron chi connectivity index (χ4n) is 2.10. The number of amides is 1. The molecule has 122 valence electrons. The molecule has 23 heavy (non-hydrogen) atoms. The molecule has 0 spiro atoms. The Bertz CT molecular complexity index is 685. The minimum absolute atomic E-state index is 0.0910. The van der Waals surface area contributed by atoms with Gasteiger partial charge in [0.2, 0.25) is 5.91 Å². The molecule has 6 nitrogen and oxygen atoms in total. The third-order valence-electron chi connectivity index (χ3n) is 3.61. The topological polar surface area (TPSA) is 68.5 Å². The molecule has 1 aliphatic carbocycles. The Labute approximate surface area is 139 Å². The Morgan fingerprint density at radius 2 is 2.26 bits per heavy atom. The van der Waals surface area contributed by atoms with Crippen LogP contribution in [0.4, 0.5) is 0 Å². The summed E-state index contributed by atoms with van der Waals surface area (Å²) in [6.45, 7) is 2.22. The van der Waals surface area contributed by atoms with Gasteiger partial charge in [0, 0.05) is 13.1 Å². The Hall–Kier alpha value is -2.02. The van der Waals surface area contributed by atoms with Gasteiger partial charge in [0.25, 0.3) is 11.1 Å². The maximum atomic E-state index is 11.9. The van der Waals surface area contributed by atoms with Crippen molar-refractivity contribution >= 4 is 17.7 Å². The summed E-state index contributed by atoms with van der Waals surface area (Å²) in [4.78, 5) is 13.7. The largest absolute Gasteiger partial charge is 0.484 e. The van der Waals surface area contributed by atoms with Crippen molar-refractivity contribution in [3.63, 3.8) is 0 Å². The van der Waals surface area contributed by atoms with E-state index in [-0.39, 0.29) is 12.5 Å². The molecular weight excluding hydrogens is 314 g/mol. The summed E-state index contributed by atoms with van der Waals surface area (Å²) in [7, 11) is 1.84. The Balaban J connectivity index is 1.47. The minimum atomic E-state index is 0.0910. The van der Waals surface area contributed by atoms with Crippen molar-refractivity contribution in [1.29, 1.82) is 0 Å². The van der Waals surface area contributed by atoms with Crippen molar-refractivity contribution in [3.05, 3.63) is 35.7 Å². The number of aromatic nitrogens is 2. The molecule has 0 saturated heterocycles. The molecule has 7 heteroatoms. The van der Waals surface area contributed by atoms with Crippen molar-refractivity contribution in [2.45, 2.75) is 37.6 Å². The van der Waals surface area contributed by atoms with Gasteiger partial charge < -0.3 is 14.1 Å². The van der Waals surface area contributed by atoms with E-state index in [1.807, 2.05) is 38.2 Å². The van der Waals surface area contributed by atoms with Crippen LogP contribution in [-0.2, 0) is 11.4 Å². The molecule has 1 saturated carbocycles. The van der Waals surface area contributed by atoms with Crippen molar-refractivity contribution in [2.75, 3.05) is 12.8 Å². The second-order valence-electron chi connectivity index (χ2n) is 5.59. The van der Waals surface area contributed by atoms with Gasteiger partial charge in [0.05, 0.1) is 5.75 Å². The predicted octanol–water partition coefficient (Wildman–Crippen LogP) is 2.67. The van der Waals surface area contributed by atoms with E-state index in [0.29, 0.717) is 22.9 Å². The Kier molecular flexibility index (Phi) is 4.85. The van der Waals surface area contributed by atoms with Gasteiger partial charge >= 0.3 is 0 Å². The van der Waals surface area contributed by atoms with Crippen molar-refractivity contribution in [3.8, 4) is 5.75 Å². The molecule has 0 bridgehead atoms. The molecule has 1 heterocycles. The molecule has 3 rings (SSSR count). The molecule has 1 fully saturated rings. The van der Waals surface area contributed by atoms with Crippen LogP contribution in [0.1, 0.15) is 24.3 Å². The second kappa shape index (κ2) is 7.04. The van der Waals surface area contributed by atoms with Crippen LogP contribution in [0.3, 0.4) is 0 Å². The number of benzene rings is 1. The zero-order valence-electron chi connectivity index (χ0n) is 13.2. The van der Waals surface area contributed by atoms with Gasteiger partial charge in [0.15, 0.2) is 6.61 Å². The highest BCUT2D eigenvalue weighted by atomic mass is 32.2. The molecule has 0 atom stereocenters. The van der Waals surface area contributed by atoms with E-state index in [4.69, 9.17) is 9.15 Å². The van der Waals surface area contributed by atoms with Crippen LogP contribution in [0.2, 0.25) is 0 Å². The molecule has 1 aromatic heterocycles. The number of thioether (sulfide) groups is 1. The maximum absolute atomic E-state index is 11.9. The number of ether oxygens (including phenoxy) is 1. The summed E-state index contributed by atoms with van der Waals surface area (Å²) >= 11 is 1.26. The van der Waals surface area contributed by atoms with E-state index in [1.54, 1.807) is 4.90 Å². The minimum Gasteiger partial charge on any atom is -0.484 e. The first-order valence-corrected chi connectivity index (χ1v) is 8.50. The summed E-state index contributed by atoms with van der Waals surface area (Å²) in [6, 6.07) is 8.18. The molecular formula is C16H19N3O3S. The van der Waals surface area contributed by atoms with Crippen LogP contribution in [0.5, 0.6) is 5.75 Å². The van der Waals surface area contributed by atoms with Gasteiger partial charge in [0.1, 0.15) is 5.75 Å². The van der Waals surface area contributed by atoms with Crippen molar-refractivity contribution in [1.82, 2.24) is 15.1 Å². The molecule has 0 N–H and O–H groups in total. The summed E-state index contributed by atoms with van der Waals surface area (Å²) < 4.78 is 11.1. The standard InChI is InChI=1S/C16H19N3O3S/c1-11-4-3-5-13(8-11)21-9-14-17-18-16(22-14)23-10-15(20)19(2)12-6-7-12/h3-5,8,12H,6-7,9-10H2,1-2H3. The lowest BCUT2D eigenvalue weighted by atomic mass is 10.2. The predicted molar refractivity (Wildman–Crippen MR) is 86.3 cm³/mol. The fourth-order valence-corrected chi connectivity index (χ4v) is 2.80. The highest BCUT2D eigenvalue weighted by Gasteiger charge is 2.29. The summed E-state index contributed by atoms with van der Waals surface area (Å²) in [5, 5.41) is 8.26. The van der Waals surface area contributed by atoms with E-state index in [0.717, 1.165) is 24.2 Å². The summed E-state index contributed by atoms with van der Waals surface area (Å²) in [6.07, 6.45) is 2.21. The van der Waals surface area contributed by atoms with Crippen LogP contribution >= 0.6 is 11.8 Å². The SMILES string of the molecule is Cc1cccc(OCc2nnc(SCC(=O)N(C)C3CC3)o2)c1. The lowest BCUT2D eigenvalue weighted by molar-refractivity contribution is -0.127. The molecule has 1 aliphatic rings. The number of carbonyl (C=O) groups excluding carboxylic acids is 1. The van der Waals surface area contributed by atoms with E-state index in [2.05, 4.69) is 10.2 Å². The second-order valence-corrected chi connectivity index (χ2v) is 6.52. The van der Waals surface area contributed by atoms with Crippen molar-refractivity contribution in [2.24, 2.45) is 0 Å². The smallest absolute Gasteiger partial charge is 0.277 e. The number of aryl methyl sites for hydroxylation is 1. The number of rotatable bonds is 7. The van der Waals surface area contributed by atoms with Gasteiger partial charge in [-0.25, -0.2) is 0 Å². The average molecular weight is 333 g/mol. The average Bonchev–Trinajstić information content (AvgIpc) is 3.29. The monoisotopic (exact) mass is 333 g/mol. The highest BCUT2D eigenvalue weighted by Crippen LogP contribution is 2.26. The van der Waals surface area contributed by atoms with E-state index in [1.165, 1.54) is 11.8 Å².